The summed E-state index contributed by atoms with van der Waals surface area (Å²) in [7, 11) is 0. The monoisotopic (exact) mass is 468 g/mol. The van der Waals surface area contributed by atoms with Crippen molar-refractivity contribution in [3.8, 4) is 0 Å². The predicted molar refractivity (Wildman–Crippen MR) is 109 cm³/mol. The number of rotatable bonds is 11. The Labute approximate surface area is 160 Å². The Morgan fingerprint density at radius 3 is 2.15 bits per heavy atom. The van der Waals surface area contributed by atoms with Crippen LogP contribution in [0, 0.1) is 0 Å². The van der Waals surface area contributed by atoms with Gasteiger partial charge in [-0.25, -0.2) is 0 Å². The van der Waals surface area contributed by atoms with E-state index >= 15 is 0 Å². The molecule has 2 aromatic rings. The summed E-state index contributed by atoms with van der Waals surface area (Å²) in [5.74, 6) is 0. The first-order valence-corrected chi connectivity index (χ1v) is 17.4. The average Bonchev–Trinajstić information content (AvgIpc) is 3.09. The quantitative estimate of drug-likeness (QED) is 0.462. The van der Waals surface area contributed by atoms with Gasteiger partial charge in [-0.1, -0.05) is 0 Å². The molecule has 0 bridgehead atoms. The van der Waals surface area contributed by atoms with Gasteiger partial charge in [0.05, 0.1) is 0 Å². The second-order valence-electron chi connectivity index (χ2n) is 7.18. The number of nitrogens with one attached hydrogen (secondary N) is 1. The van der Waals surface area contributed by atoms with Gasteiger partial charge in [0.2, 0.25) is 0 Å². The molecule has 6 nitrogen and oxygen atoms in total. The minimum absolute atomic E-state index is 0.624. The van der Waals surface area contributed by atoms with Crippen molar-refractivity contribution in [2.45, 2.75) is 72.6 Å². The van der Waals surface area contributed by atoms with Crippen LogP contribution >= 0.6 is 0 Å². The van der Waals surface area contributed by atoms with Crippen LogP contribution in [0.25, 0.3) is 5.65 Å². The topological polar surface area (TPSA) is 79.5 Å². The van der Waals surface area contributed by atoms with E-state index < -0.39 is 24.5 Å². The molecule has 26 heavy (non-hydrogen) atoms. The van der Waals surface area contributed by atoms with E-state index in [4.69, 9.17) is 0 Å². The van der Waals surface area contributed by atoms with Gasteiger partial charge in [-0.15, -0.1) is 0 Å². The van der Waals surface area contributed by atoms with Crippen LogP contribution in [0.4, 0.5) is 10.5 Å². The van der Waals surface area contributed by atoms with Crippen molar-refractivity contribution >= 4 is 39.5 Å². The second-order valence-corrected chi connectivity index (χ2v) is 20.2. The van der Waals surface area contributed by atoms with Crippen LogP contribution in [-0.2, 0) is 0 Å². The van der Waals surface area contributed by atoms with Gasteiger partial charge in [0.25, 0.3) is 0 Å². The van der Waals surface area contributed by atoms with Crippen LogP contribution in [0.15, 0.2) is 18.5 Å². The molecule has 0 aliphatic rings. The first-order valence-electron chi connectivity index (χ1n) is 9.90. The van der Waals surface area contributed by atoms with Crippen molar-refractivity contribution in [2.75, 3.05) is 5.32 Å². The number of nitrogens with zero attached hydrogens (tertiary/aromatic N) is 3. The Hall–Kier alpha value is -1.31. The van der Waals surface area contributed by atoms with Crippen LogP contribution < -0.4 is 9.03 Å². The summed E-state index contributed by atoms with van der Waals surface area (Å²) in [6, 6.07) is 3.84. The SMILES string of the molecule is CCC[CH2][Sn]([CH2]CCC)([CH2]CCC)[c]1cc(NC(=O)O)cc2ncnn12. The molecule has 2 N–H and O–H groups in total. The molecule has 0 aliphatic carbocycles. The third kappa shape index (κ3) is 5.11. The van der Waals surface area contributed by atoms with Crippen molar-refractivity contribution in [3.63, 3.8) is 0 Å². The zero-order valence-electron chi connectivity index (χ0n) is 16.3. The van der Waals surface area contributed by atoms with Crippen LogP contribution in [0.3, 0.4) is 0 Å². The summed E-state index contributed by atoms with van der Waals surface area (Å²) in [6.45, 7) is 6.76. The molecule has 0 saturated carbocycles. The molecule has 144 valence electrons. The first kappa shape index (κ1) is 21.0. The van der Waals surface area contributed by atoms with E-state index in [0.29, 0.717) is 5.69 Å². The van der Waals surface area contributed by atoms with E-state index in [1.54, 1.807) is 12.4 Å². The molecule has 2 heterocycles. The van der Waals surface area contributed by atoms with Gasteiger partial charge in [0.1, 0.15) is 0 Å². The Kier molecular flexibility index (Phi) is 8.18. The number of carbonyl (C=O) groups is 1. The molecule has 1 amide bonds. The van der Waals surface area contributed by atoms with E-state index in [1.165, 1.54) is 55.5 Å². The molecule has 0 aromatic carbocycles. The maximum absolute atomic E-state index is 11.2. The molecule has 0 atom stereocenters. The molecule has 0 fully saturated rings. The molecular weight excluding hydrogens is 435 g/mol. The summed E-state index contributed by atoms with van der Waals surface area (Å²) in [5.41, 5.74) is 1.37. The molecular formula is C19H32N4O2Sn. The average molecular weight is 467 g/mol. The van der Waals surface area contributed by atoms with Crippen molar-refractivity contribution < 1.29 is 9.90 Å². The van der Waals surface area contributed by atoms with Crippen molar-refractivity contribution in [1.29, 1.82) is 0 Å². The van der Waals surface area contributed by atoms with E-state index in [0.717, 1.165) is 5.65 Å². The molecule has 2 rings (SSSR count). The van der Waals surface area contributed by atoms with Gasteiger partial charge in [-0.05, 0) is 0 Å². The van der Waals surface area contributed by atoms with Crippen molar-refractivity contribution in [2.24, 2.45) is 0 Å². The van der Waals surface area contributed by atoms with Crippen LogP contribution in [0.2, 0.25) is 13.3 Å². The fraction of sp³-hybridized carbons (Fsp3) is 0.632. The van der Waals surface area contributed by atoms with Gasteiger partial charge >= 0.3 is 160 Å². The second kappa shape index (κ2) is 10.1. The predicted octanol–water partition coefficient (Wildman–Crippen LogP) is 4.88. The number of amides is 1. The summed E-state index contributed by atoms with van der Waals surface area (Å²) >= 11 is -2.75. The number of pyridine rings is 1. The molecule has 0 saturated heterocycles. The minimum atomic E-state index is -2.75. The van der Waals surface area contributed by atoms with E-state index in [9.17, 15) is 9.90 Å². The summed E-state index contributed by atoms with van der Waals surface area (Å²) in [6.07, 6.45) is 7.89. The zero-order chi connectivity index (χ0) is 19.0. The normalized spacial score (nSPS) is 11.8. The molecule has 7 heteroatoms. The van der Waals surface area contributed by atoms with E-state index in [2.05, 4.69) is 42.2 Å². The van der Waals surface area contributed by atoms with Gasteiger partial charge in [-0.2, -0.15) is 0 Å². The fourth-order valence-corrected chi connectivity index (χ4v) is 20.0. The molecule has 0 spiro atoms. The Balaban J connectivity index is 2.58. The standard InChI is InChI=1S/C7H5N4O2.3C4H9.Sn/c12-7(13)10-5-1-2-11-6(3-5)8-4-9-11;3*1-3-4-2;/h1,3-4,10H,(H,12,13);3*1,3-4H2,2H3;. The molecule has 0 aliphatic heterocycles. The summed E-state index contributed by atoms with van der Waals surface area (Å²) in [5, 5.41) is 16.2. The van der Waals surface area contributed by atoms with Crippen LogP contribution in [-0.4, -0.2) is 44.2 Å². The third-order valence-electron chi connectivity index (χ3n) is 5.20. The third-order valence-corrected chi connectivity index (χ3v) is 20.5. The summed E-state index contributed by atoms with van der Waals surface area (Å²) in [4.78, 5) is 15.5. The number of aromatic nitrogens is 3. The van der Waals surface area contributed by atoms with Crippen LogP contribution in [0.1, 0.15) is 59.3 Å². The number of unbranched alkanes of at least 4 members (excludes halogenated alkanes) is 3. The first-order chi connectivity index (χ1) is 12.6. The van der Waals surface area contributed by atoms with Crippen molar-refractivity contribution in [1.82, 2.24) is 14.6 Å². The van der Waals surface area contributed by atoms with Gasteiger partial charge in [0, 0.05) is 0 Å². The summed E-state index contributed by atoms with van der Waals surface area (Å²) < 4.78 is 7.21. The van der Waals surface area contributed by atoms with Crippen LogP contribution in [0.5, 0.6) is 0 Å². The molecule has 0 unspecified atom stereocenters. The number of anilines is 1. The molecule has 0 radical (unpaired) electrons. The Bertz CT molecular complexity index is 695. The van der Waals surface area contributed by atoms with E-state index in [-0.39, 0.29) is 0 Å². The van der Waals surface area contributed by atoms with Gasteiger partial charge < -0.3 is 0 Å². The number of hydrogen-bond donors (Lipinski definition) is 2. The maximum atomic E-state index is 11.2. The fourth-order valence-electron chi connectivity index (χ4n) is 3.80. The zero-order valence-corrected chi connectivity index (χ0v) is 19.1. The van der Waals surface area contributed by atoms with E-state index in [1.807, 2.05) is 4.52 Å². The number of fused-ring (bicyclic) bond motifs is 1. The van der Waals surface area contributed by atoms with Crippen molar-refractivity contribution in [3.05, 3.63) is 18.5 Å². The number of hydrogen-bond acceptors (Lipinski definition) is 3. The van der Waals surface area contributed by atoms with Gasteiger partial charge in [-0.3, -0.25) is 0 Å². The van der Waals surface area contributed by atoms with Gasteiger partial charge in [0.15, 0.2) is 0 Å². The Morgan fingerprint density at radius 2 is 1.65 bits per heavy atom. The number of carboxylic acid groups (broad SMARTS) is 1. The molecule has 2 aromatic heterocycles. The Morgan fingerprint density at radius 1 is 1.08 bits per heavy atom.